The van der Waals surface area contributed by atoms with Crippen molar-refractivity contribution in [2.45, 2.75) is 176 Å². The standard InChI is InChI=1S/C14H21N5O2.C13H24.C5H13N.C5H12.C2H6/c1-9(15)14(21)19-6-2-3-11(19)13(20)18-8-10-4-5-12(16)17-7-10;1-3-7-12(8-4-1)11-13-9-5-2-6-10-13;1-3-4-5-6-2;1-3-5-4-2;1-2/h4-5,7,9,11H,2-3,6,8,15H2,1H3,(H2,16,17)(H,18,20);12-13H,1-11H2;6H,3-5H2,1-2H3;3-5H2,1-2H3;1-2H3/t9-,11+;;;;/m1..../s1. The maximum atomic E-state index is 12.2. The summed E-state index contributed by atoms with van der Waals surface area (Å²) in [7, 11) is 1.98. The Bertz CT molecular complexity index is 845. The molecule has 0 bridgehead atoms. The van der Waals surface area contributed by atoms with Gasteiger partial charge in [-0.3, -0.25) is 9.59 Å². The second-order valence-electron chi connectivity index (χ2n) is 13.3. The fourth-order valence-electron chi connectivity index (χ4n) is 6.44. The number of unbranched alkanes of at least 4 members (excludes halogenated alkanes) is 3. The van der Waals surface area contributed by atoms with Crippen LogP contribution in [0.15, 0.2) is 18.3 Å². The van der Waals surface area contributed by atoms with Crippen molar-refractivity contribution in [3.05, 3.63) is 23.9 Å². The van der Waals surface area contributed by atoms with Crippen LogP contribution in [-0.2, 0) is 16.1 Å². The summed E-state index contributed by atoms with van der Waals surface area (Å²) < 4.78 is 0. The number of likely N-dealkylation sites (tertiary alicyclic amines) is 1. The minimum atomic E-state index is -0.584. The first-order chi connectivity index (χ1) is 22.8. The predicted octanol–water partition coefficient (Wildman–Crippen LogP) is 8.38. The molecule has 1 aliphatic heterocycles. The van der Waals surface area contributed by atoms with Crippen molar-refractivity contribution in [1.82, 2.24) is 20.5 Å². The van der Waals surface area contributed by atoms with Gasteiger partial charge in [-0.1, -0.05) is 131 Å². The van der Waals surface area contributed by atoms with E-state index < -0.39 is 12.1 Å². The van der Waals surface area contributed by atoms with Crippen LogP contribution < -0.4 is 22.1 Å². The molecule has 2 atom stereocenters. The Morgan fingerprint density at radius 3 is 1.83 bits per heavy atom. The number of rotatable bonds is 11. The second-order valence-corrected chi connectivity index (χ2v) is 13.3. The van der Waals surface area contributed by atoms with Crippen molar-refractivity contribution >= 4 is 17.6 Å². The van der Waals surface area contributed by atoms with E-state index in [-0.39, 0.29) is 11.8 Å². The van der Waals surface area contributed by atoms with Crippen LogP contribution in [0.25, 0.3) is 0 Å². The molecule has 0 radical (unpaired) electrons. The zero-order valence-electron chi connectivity index (χ0n) is 31.8. The van der Waals surface area contributed by atoms with Gasteiger partial charge in [-0.25, -0.2) is 4.98 Å². The normalized spacial score (nSPS) is 18.5. The number of carbonyl (C=O) groups is 2. The van der Waals surface area contributed by atoms with Gasteiger partial charge in [-0.15, -0.1) is 0 Å². The molecule has 2 heterocycles. The molecule has 8 nitrogen and oxygen atoms in total. The molecule has 47 heavy (non-hydrogen) atoms. The SMILES string of the molecule is C1CCC(CC2CCCCC2)CC1.CC.CCCCC.CCCCNC.C[C@@H](N)C(=O)N1CCC[C@H]1C(=O)NCc1ccc(N)nc1. The van der Waals surface area contributed by atoms with Gasteiger partial charge in [0.05, 0.1) is 6.04 Å². The average molecular weight is 661 g/mol. The zero-order chi connectivity index (χ0) is 35.3. The van der Waals surface area contributed by atoms with E-state index >= 15 is 0 Å². The highest BCUT2D eigenvalue weighted by atomic mass is 16.2. The Morgan fingerprint density at radius 2 is 1.43 bits per heavy atom. The topological polar surface area (TPSA) is 126 Å². The minimum absolute atomic E-state index is 0.154. The highest BCUT2D eigenvalue weighted by molar-refractivity contribution is 5.90. The number of nitrogens with one attached hydrogen (secondary N) is 2. The summed E-state index contributed by atoms with van der Waals surface area (Å²) >= 11 is 0. The van der Waals surface area contributed by atoms with E-state index in [4.69, 9.17) is 11.5 Å². The number of hydrogen-bond acceptors (Lipinski definition) is 6. The van der Waals surface area contributed by atoms with Gasteiger partial charge in [0.15, 0.2) is 0 Å². The van der Waals surface area contributed by atoms with Gasteiger partial charge in [-0.2, -0.15) is 0 Å². The zero-order valence-corrected chi connectivity index (χ0v) is 31.8. The lowest BCUT2D eigenvalue weighted by atomic mass is 9.78. The smallest absolute Gasteiger partial charge is 0.243 e. The third-order valence-electron chi connectivity index (χ3n) is 9.15. The van der Waals surface area contributed by atoms with Crippen LogP contribution >= 0.6 is 0 Å². The molecule has 1 saturated heterocycles. The fourth-order valence-corrected chi connectivity index (χ4v) is 6.44. The van der Waals surface area contributed by atoms with Gasteiger partial charge < -0.3 is 27.0 Å². The number of anilines is 1. The van der Waals surface area contributed by atoms with E-state index in [1.54, 1.807) is 56.2 Å². The molecule has 3 fully saturated rings. The largest absolute Gasteiger partial charge is 0.384 e. The molecule has 0 spiro atoms. The first-order valence-electron chi connectivity index (χ1n) is 19.5. The van der Waals surface area contributed by atoms with Crippen LogP contribution in [0.3, 0.4) is 0 Å². The fraction of sp³-hybridized carbons (Fsp3) is 0.821. The quantitative estimate of drug-likeness (QED) is 0.177. The molecular weight excluding hydrogens is 584 g/mol. The van der Waals surface area contributed by atoms with Gasteiger partial charge in [0.25, 0.3) is 0 Å². The molecule has 1 aromatic heterocycles. The Morgan fingerprint density at radius 1 is 0.872 bits per heavy atom. The maximum Gasteiger partial charge on any atom is 0.243 e. The van der Waals surface area contributed by atoms with Crippen LogP contribution in [0.5, 0.6) is 0 Å². The average Bonchev–Trinajstić information content (AvgIpc) is 3.60. The molecule has 6 N–H and O–H groups in total. The van der Waals surface area contributed by atoms with Crippen LogP contribution in [0.1, 0.15) is 163 Å². The van der Waals surface area contributed by atoms with E-state index in [1.165, 1.54) is 70.6 Å². The summed E-state index contributed by atoms with van der Waals surface area (Å²) in [5.74, 6) is 2.35. The lowest BCUT2D eigenvalue weighted by Gasteiger charge is -2.28. The van der Waals surface area contributed by atoms with E-state index in [0.717, 1.165) is 30.4 Å². The molecule has 2 aliphatic carbocycles. The summed E-state index contributed by atoms with van der Waals surface area (Å²) in [6.45, 7) is 14.4. The Labute approximate surface area is 290 Å². The van der Waals surface area contributed by atoms with E-state index in [2.05, 4.69) is 36.4 Å². The van der Waals surface area contributed by atoms with Crippen molar-refractivity contribution in [3.63, 3.8) is 0 Å². The maximum absolute atomic E-state index is 12.2. The summed E-state index contributed by atoms with van der Waals surface area (Å²) in [6, 6.07) is 2.48. The molecule has 8 heteroatoms. The van der Waals surface area contributed by atoms with Crippen molar-refractivity contribution in [3.8, 4) is 0 Å². The van der Waals surface area contributed by atoms with Crippen molar-refractivity contribution in [2.24, 2.45) is 17.6 Å². The van der Waals surface area contributed by atoms with Crippen molar-refractivity contribution in [1.29, 1.82) is 0 Å². The second kappa shape index (κ2) is 29.9. The van der Waals surface area contributed by atoms with Crippen LogP contribution in [0.2, 0.25) is 0 Å². The highest BCUT2D eigenvalue weighted by Gasteiger charge is 2.34. The lowest BCUT2D eigenvalue weighted by molar-refractivity contribution is -0.139. The molecule has 2 amide bonds. The van der Waals surface area contributed by atoms with E-state index in [1.807, 2.05) is 27.0 Å². The van der Waals surface area contributed by atoms with Crippen LogP contribution in [-0.4, -0.2) is 53.9 Å². The summed E-state index contributed by atoms with van der Waals surface area (Å²) in [5, 5.41) is 5.90. The summed E-state index contributed by atoms with van der Waals surface area (Å²) in [6.07, 6.45) is 26.7. The first-order valence-corrected chi connectivity index (χ1v) is 19.5. The number of nitrogen functional groups attached to an aromatic ring is 1. The molecule has 274 valence electrons. The predicted molar refractivity (Wildman–Crippen MR) is 202 cm³/mol. The Kier molecular flexibility index (Phi) is 28.5. The molecule has 3 aliphatic rings. The number of amides is 2. The minimum Gasteiger partial charge on any atom is -0.384 e. The summed E-state index contributed by atoms with van der Waals surface area (Å²) in [5.41, 5.74) is 12.0. The summed E-state index contributed by atoms with van der Waals surface area (Å²) in [4.78, 5) is 29.7. The number of nitrogens with two attached hydrogens (primary N) is 2. The number of pyridine rings is 1. The third kappa shape index (κ3) is 21.4. The number of carbonyl (C=O) groups excluding carboxylic acids is 2. The van der Waals surface area contributed by atoms with Gasteiger partial charge >= 0.3 is 0 Å². The van der Waals surface area contributed by atoms with Gasteiger partial charge in [-0.05, 0) is 69.7 Å². The molecule has 4 rings (SSSR count). The highest BCUT2D eigenvalue weighted by Crippen LogP contribution is 2.34. The van der Waals surface area contributed by atoms with Crippen LogP contribution in [0.4, 0.5) is 5.82 Å². The third-order valence-corrected chi connectivity index (χ3v) is 9.15. The van der Waals surface area contributed by atoms with Gasteiger partial charge in [0.2, 0.25) is 11.8 Å². The Balaban J connectivity index is 0.000000689. The van der Waals surface area contributed by atoms with E-state index in [0.29, 0.717) is 25.3 Å². The van der Waals surface area contributed by atoms with Crippen LogP contribution in [0, 0.1) is 11.8 Å². The monoisotopic (exact) mass is 661 g/mol. The number of nitrogens with zero attached hydrogens (tertiary/aromatic N) is 2. The van der Waals surface area contributed by atoms with E-state index in [9.17, 15) is 9.59 Å². The number of hydrogen-bond donors (Lipinski definition) is 4. The van der Waals surface area contributed by atoms with Gasteiger partial charge in [0.1, 0.15) is 11.9 Å². The molecular formula is C39H76N6O2. The van der Waals surface area contributed by atoms with Gasteiger partial charge in [0, 0.05) is 19.3 Å². The first kappa shape index (κ1) is 44.8. The molecule has 2 saturated carbocycles. The lowest BCUT2D eigenvalue weighted by Crippen LogP contribution is -2.50. The number of aromatic nitrogens is 1. The molecule has 0 unspecified atom stereocenters. The molecule has 1 aromatic rings. The van der Waals surface area contributed by atoms with Crippen molar-refractivity contribution < 1.29 is 9.59 Å². The molecule has 0 aromatic carbocycles. The Hall–Kier alpha value is -2.19. The van der Waals surface area contributed by atoms with Crippen molar-refractivity contribution in [2.75, 3.05) is 25.9 Å².